The first-order valence-electron chi connectivity index (χ1n) is 14.0. The molecule has 202 valence electrons. The maximum atomic E-state index is 13.6. The molecule has 40 heavy (non-hydrogen) atoms. The first kappa shape index (κ1) is 24.6. The second kappa shape index (κ2) is 9.95. The third-order valence-electron chi connectivity index (χ3n) is 8.36. The number of piperidine rings is 3. The van der Waals surface area contributed by atoms with E-state index in [4.69, 9.17) is 9.72 Å². The maximum absolute atomic E-state index is 13.6. The van der Waals surface area contributed by atoms with Crippen LogP contribution in [-0.2, 0) is 4.74 Å². The number of aromatic nitrogens is 3. The van der Waals surface area contributed by atoms with Gasteiger partial charge in [-0.3, -0.25) is 4.79 Å². The molecule has 3 aliphatic rings. The molecule has 3 fully saturated rings. The summed E-state index contributed by atoms with van der Waals surface area (Å²) < 4.78 is 5.13. The summed E-state index contributed by atoms with van der Waals surface area (Å²) in [6.07, 6.45) is 2.33. The largest absolute Gasteiger partial charge is 0.462 e. The second-order valence-electron chi connectivity index (χ2n) is 10.8. The van der Waals surface area contributed by atoms with E-state index in [-0.39, 0.29) is 17.6 Å². The van der Waals surface area contributed by atoms with Crippen LogP contribution >= 0.6 is 0 Å². The Kier molecular flexibility index (Phi) is 6.12. The number of hydrogen-bond acceptors (Lipinski definition) is 6. The molecule has 0 aliphatic carbocycles. The van der Waals surface area contributed by atoms with Gasteiger partial charge < -0.3 is 24.9 Å². The molecule has 8 nitrogen and oxygen atoms in total. The Morgan fingerprint density at radius 2 is 1.77 bits per heavy atom. The van der Waals surface area contributed by atoms with Crippen LogP contribution in [0.4, 0.5) is 5.69 Å². The molecule has 0 radical (unpaired) electrons. The van der Waals surface area contributed by atoms with Crippen molar-refractivity contribution in [3.8, 4) is 22.5 Å². The predicted octanol–water partition coefficient (Wildman–Crippen LogP) is 5.42. The lowest BCUT2D eigenvalue weighted by molar-refractivity contribution is 0.0526. The summed E-state index contributed by atoms with van der Waals surface area (Å²) in [5, 5.41) is 4.77. The van der Waals surface area contributed by atoms with Crippen LogP contribution in [0.15, 0.2) is 71.5 Å². The van der Waals surface area contributed by atoms with Crippen molar-refractivity contribution in [1.82, 2.24) is 19.9 Å². The number of H-pyrrole nitrogens is 2. The van der Waals surface area contributed by atoms with Crippen LogP contribution < -0.4 is 10.9 Å². The van der Waals surface area contributed by atoms with E-state index in [1.54, 1.807) is 19.1 Å². The smallest absolute Gasteiger partial charge is 0.338 e. The summed E-state index contributed by atoms with van der Waals surface area (Å²) >= 11 is 0. The van der Waals surface area contributed by atoms with Gasteiger partial charge in [0.15, 0.2) is 0 Å². The molecule has 1 atom stereocenters. The molecule has 5 heterocycles. The van der Waals surface area contributed by atoms with E-state index in [1.165, 1.54) is 0 Å². The first-order chi connectivity index (χ1) is 19.6. The number of carbonyl (C=O) groups is 1. The quantitative estimate of drug-likeness (QED) is 0.252. The lowest BCUT2D eigenvalue weighted by Gasteiger charge is -2.45. The van der Waals surface area contributed by atoms with Gasteiger partial charge >= 0.3 is 5.97 Å². The van der Waals surface area contributed by atoms with Crippen molar-refractivity contribution in [2.45, 2.75) is 25.8 Å². The van der Waals surface area contributed by atoms with Crippen molar-refractivity contribution >= 4 is 33.6 Å². The molecule has 5 aromatic rings. The minimum Gasteiger partial charge on any atom is -0.462 e. The minimum atomic E-state index is -0.329. The number of hydrogen-bond donors (Lipinski definition) is 3. The van der Waals surface area contributed by atoms with Gasteiger partial charge in [-0.2, -0.15) is 0 Å². The summed E-state index contributed by atoms with van der Waals surface area (Å²) in [7, 11) is 0. The average Bonchev–Trinajstić information content (AvgIpc) is 3.41. The van der Waals surface area contributed by atoms with Gasteiger partial charge in [0, 0.05) is 18.0 Å². The van der Waals surface area contributed by atoms with Crippen molar-refractivity contribution in [3.63, 3.8) is 0 Å². The molecular formula is C32H31N5O3. The summed E-state index contributed by atoms with van der Waals surface area (Å²) in [4.78, 5) is 39.6. The molecule has 2 aromatic heterocycles. The highest BCUT2D eigenvalue weighted by atomic mass is 16.5. The Morgan fingerprint density at radius 3 is 2.50 bits per heavy atom. The topological polar surface area (TPSA) is 103 Å². The maximum Gasteiger partial charge on any atom is 0.338 e. The number of esters is 1. The van der Waals surface area contributed by atoms with Gasteiger partial charge in [0.25, 0.3) is 5.56 Å². The Balaban J connectivity index is 1.37. The monoisotopic (exact) mass is 533 g/mol. The number of benzene rings is 3. The van der Waals surface area contributed by atoms with E-state index in [0.717, 1.165) is 71.2 Å². The SMILES string of the molecule is CCOC(=O)c1ccc(-c2ccc3[nH]c(=O)c(-c4nc5ccccc5[nH]4)c(N[C@H]4CN5CCC4CC5)c3c2)cc1. The van der Waals surface area contributed by atoms with Crippen LogP contribution in [0.1, 0.15) is 30.1 Å². The third-order valence-corrected chi connectivity index (χ3v) is 8.36. The number of nitrogens with one attached hydrogen (secondary N) is 3. The zero-order valence-electron chi connectivity index (χ0n) is 22.4. The van der Waals surface area contributed by atoms with Crippen LogP contribution in [0.3, 0.4) is 0 Å². The Bertz CT molecular complexity index is 1750. The highest BCUT2D eigenvalue weighted by Gasteiger charge is 2.35. The van der Waals surface area contributed by atoms with E-state index < -0.39 is 0 Å². The molecule has 0 unspecified atom stereocenters. The summed E-state index contributed by atoms with van der Waals surface area (Å²) in [5.74, 6) is 0.795. The molecule has 8 rings (SSSR count). The molecule has 3 N–H and O–H groups in total. The molecule has 0 amide bonds. The predicted molar refractivity (Wildman–Crippen MR) is 158 cm³/mol. The van der Waals surface area contributed by atoms with Crippen LogP contribution in [0.5, 0.6) is 0 Å². The molecule has 3 aromatic carbocycles. The molecule has 8 heteroatoms. The van der Waals surface area contributed by atoms with Crippen molar-refractivity contribution < 1.29 is 9.53 Å². The van der Waals surface area contributed by atoms with Gasteiger partial charge in [-0.25, -0.2) is 9.78 Å². The lowest BCUT2D eigenvalue weighted by atomic mass is 9.83. The van der Waals surface area contributed by atoms with E-state index in [2.05, 4.69) is 26.3 Å². The van der Waals surface area contributed by atoms with Crippen molar-refractivity contribution in [2.75, 3.05) is 31.6 Å². The standard InChI is InChI=1S/C32H31N5O3/c1-2-40-32(39)21-9-7-19(8-10-21)22-11-12-24-23(17-22)29(33-27-18-37-15-13-20(27)14-16-37)28(31(38)36-24)30-34-25-5-3-4-6-26(25)35-30/h3-12,17,20,27H,2,13-16,18H2,1H3,(H,34,35)(H2,33,36,38)/t27-/m0/s1. The first-order valence-corrected chi connectivity index (χ1v) is 14.0. The highest BCUT2D eigenvalue weighted by Crippen LogP contribution is 2.37. The van der Waals surface area contributed by atoms with Crippen LogP contribution in [-0.4, -0.2) is 58.1 Å². The molecule has 0 spiro atoms. The Hall–Kier alpha value is -4.43. The fourth-order valence-electron chi connectivity index (χ4n) is 6.25. The Morgan fingerprint density at radius 1 is 1.00 bits per heavy atom. The Labute approximate surface area is 231 Å². The minimum absolute atomic E-state index is 0.179. The number of aromatic amines is 2. The van der Waals surface area contributed by atoms with Gasteiger partial charge in [0.05, 0.1) is 34.4 Å². The zero-order valence-corrected chi connectivity index (χ0v) is 22.4. The summed E-state index contributed by atoms with van der Waals surface area (Å²) in [6, 6.07) is 21.6. The zero-order chi connectivity index (χ0) is 27.2. The molecule has 3 saturated heterocycles. The fraction of sp³-hybridized carbons (Fsp3) is 0.281. The average molecular weight is 534 g/mol. The van der Waals surface area contributed by atoms with E-state index >= 15 is 0 Å². The number of pyridine rings is 1. The summed E-state index contributed by atoms with van der Waals surface area (Å²) in [5.41, 5.74) is 6.11. The molecule has 2 bridgehead atoms. The third kappa shape index (κ3) is 4.34. The normalized spacial score (nSPS) is 20.2. The number of fused-ring (bicyclic) bond motifs is 5. The van der Waals surface area contributed by atoms with Crippen molar-refractivity contribution in [1.29, 1.82) is 0 Å². The van der Waals surface area contributed by atoms with Crippen LogP contribution in [0.2, 0.25) is 0 Å². The van der Waals surface area contributed by atoms with Crippen molar-refractivity contribution in [2.24, 2.45) is 5.92 Å². The van der Waals surface area contributed by atoms with Gasteiger partial charge in [-0.15, -0.1) is 0 Å². The van der Waals surface area contributed by atoms with Gasteiger partial charge in [-0.05, 0) is 86.3 Å². The van der Waals surface area contributed by atoms with E-state index in [9.17, 15) is 9.59 Å². The van der Waals surface area contributed by atoms with E-state index in [0.29, 0.717) is 29.5 Å². The molecule has 3 aliphatic heterocycles. The van der Waals surface area contributed by atoms with Gasteiger partial charge in [0.2, 0.25) is 0 Å². The lowest BCUT2D eigenvalue weighted by Crippen LogP contribution is -2.53. The van der Waals surface area contributed by atoms with Gasteiger partial charge in [-0.1, -0.05) is 30.3 Å². The molecular weight excluding hydrogens is 502 g/mol. The van der Waals surface area contributed by atoms with E-state index in [1.807, 2.05) is 48.5 Å². The number of para-hydroxylation sites is 2. The number of rotatable bonds is 6. The number of ether oxygens (including phenoxy) is 1. The fourth-order valence-corrected chi connectivity index (χ4v) is 6.25. The van der Waals surface area contributed by atoms with Crippen molar-refractivity contribution in [3.05, 3.63) is 82.6 Å². The van der Waals surface area contributed by atoms with Gasteiger partial charge in [0.1, 0.15) is 11.4 Å². The number of nitrogens with zero attached hydrogens (tertiary/aromatic N) is 2. The second-order valence-corrected chi connectivity index (χ2v) is 10.8. The molecule has 0 saturated carbocycles. The number of imidazole rings is 1. The highest BCUT2D eigenvalue weighted by molar-refractivity contribution is 6.01. The van der Waals surface area contributed by atoms with Crippen LogP contribution in [0, 0.1) is 5.92 Å². The number of anilines is 1. The number of carbonyl (C=O) groups excluding carboxylic acids is 1. The summed E-state index contributed by atoms with van der Waals surface area (Å²) in [6.45, 7) is 5.38. The van der Waals surface area contributed by atoms with Crippen LogP contribution in [0.25, 0.3) is 44.5 Å².